The van der Waals surface area contributed by atoms with Crippen LogP contribution >= 0.6 is 0 Å². The fourth-order valence-corrected chi connectivity index (χ4v) is 1.88. The number of nitrogens with one attached hydrogen (secondary N) is 1. The van der Waals surface area contributed by atoms with Gasteiger partial charge in [-0.3, -0.25) is 4.79 Å². The van der Waals surface area contributed by atoms with Crippen LogP contribution in [0, 0.1) is 0 Å². The van der Waals surface area contributed by atoms with Crippen molar-refractivity contribution in [1.29, 1.82) is 0 Å². The van der Waals surface area contributed by atoms with Crippen molar-refractivity contribution in [2.24, 2.45) is 0 Å². The van der Waals surface area contributed by atoms with Crippen molar-refractivity contribution in [3.8, 4) is 5.75 Å². The van der Waals surface area contributed by atoms with Crippen LogP contribution < -0.4 is 10.1 Å². The van der Waals surface area contributed by atoms with Crippen molar-refractivity contribution in [2.75, 3.05) is 6.61 Å². The van der Waals surface area contributed by atoms with Crippen LogP contribution in [-0.4, -0.2) is 30.6 Å². The minimum Gasteiger partial charge on any atom is -0.493 e. The summed E-state index contributed by atoms with van der Waals surface area (Å²) in [6, 6.07) is 7.66. The molecule has 1 atom stereocenters. The smallest absolute Gasteiger partial charge is 0.331 e. The third-order valence-corrected chi connectivity index (χ3v) is 3.20. The lowest BCUT2D eigenvalue weighted by Crippen LogP contribution is -2.36. The van der Waals surface area contributed by atoms with Crippen LogP contribution in [0.3, 0.4) is 0 Å². The van der Waals surface area contributed by atoms with Gasteiger partial charge in [0.15, 0.2) is 6.10 Å². The van der Waals surface area contributed by atoms with E-state index in [1.54, 1.807) is 13.0 Å². The maximum atomic E-state index is 11.8. The van der Waals surface area contributed by atoms with E-state index in [0.717, 1.165) is 18.4 Å². The largest absolute Gasteiger partial charge is 0.493 e. The Bertz CT molecular complexity index is 564. The summed E-state index contributed by atoms with van der Waals surface area (Å²) in [5.41, 5.74) is 0.788. The summed E-state index contributed by atoms with van der Waals surface area (Å²) in [5, 5.41) is 2.80. The molecule has 1 amide bonds. The third-order valence-electron chi connectivity index (χ3n) is 3.20. The molecule has 5 nitrogen and oxygen atoms in total. The molecule has 0 aromatic heterocycles. The van der Waals surface area contributed by atoms with Crippen molar-refractivity contribution in [1.82, 2.24) is 5.32 Å². The second-order valence-corrected chi connectivity index (χ2v) is 5.17. The van der Waals surface area contributed by atoms with Crippen LogP contribution in [0.5, 0.6) is 5.75 Å². The number of ether oxygens (including phenoxy) is 2. The summed E-state index contributed by atoms with van der Waals surface area (Å²) in [6.45, 7) is 4.01. The van der Waals surface area contributed by atoms with Crippen molar-refractivity contribution in [2.45, 2.75) is 38.8 Å². The van der Waals surface area contributed by atoms with E-state index in [-0.39, 0.29) is 11.9 Å². The summed E-state index contributed by atoms with van der Waals surface area (Å²) in [4.78, 5) is 23.5. The van der Waals surface area contributed by atoms with E-state index in [9.17, 15) is 9.59 Å². The zero-order chi connectivity index (χ0) is 15.9. The number of carbonyl (C=O) groups is 2. The van der Waals surface area contributed by atoms with Crippen molar-refractivity contribution >= 4 is 18.0 Å². The van der Waals surface area contributed by atoms with Gasteiger partial charge in [-0.05, 0) is 38.8 Å². The molecule has 1 aliphatic rings. The van der Waals surface area contributed by atoms with Gasteiger partial charge in [-0.1, -0.05) is 18.2 Å². The predicted octanol–water partition coefficient (Wildman–Crippen LogP) is 2.31. The molecule has 0 bridgehead atoms. The topological polar surface area (TPSA) is 64.6 Å². The monoisotopic (exact) mass is 303 g/mol. The number of esters is 1. The fraction of sp³-hybridized carbons (Fsp3) is 0.412. The molecule has 5 heteroatoms. The van der Waals surface area contributed by atoms with Crippen molar-refractivity contribution in [3.05, 3.63) is 35.9 Å². The van der Waals surface area contributed by atoms with Gasteiger partial charge >= 0.3 is 5.97 Å². The molecule has 0 aliphatic heterocycles. The molecule has 2 rings (SSSR count). The molecule has 118 valence electrons. The number of para-hydroxylation sites is 1. The van der Waals surface area contributed by atoms with Gasteiger partial charge in [0.25, 0.3) is 5.91 Å². The SMILES string of the molecule is CCOc1ccccc1/C=C/C(=O)O[C@@H](C)C(=O)NC1CC1. The molecule has 0 spiro atoms. The first kappa shape index (κ1) is 16.1. The number of carbonyl (C=O) groups excluding carboxylic acids is 2. The molecule has 1 aliphatic carbocycles. The van der Waals surface area contributed by atoms with E-state index in [1.807, 2.05) is 31.2 Å². The van der Waals surface area contributed by atoms with Crippen molar-refractivity contribution < 1.29 is 19.1 Å². The highest BCUT2D eigenvalue weighted by molar-refractivity contribution is 5.90. The summed E-state index contributed by atoms with van der Waals surface area (Å²) < 4.78 is 10.6. The molecule has 0 unspecified atom stereocenters. The molecule has 22 heavy (non-hydrogen) atoms. The van der Waals surface area contributed by atoms with Gasteiger partial charge in [-0.2, -0.15) is 0 Å². The van der Waals surface area contributed by atoms with Crippen LogP contribution in [0.25, 0.3) is 6.08 Å². The van der Waals surface area contributed by atoms with E-state index in [0.29, 0.717) is 12.4 Å². The highest BCUT2D eigenvalue weighted by atomic mass is 16.5. The molecule has 1 fully saturated rings. The normalized spacial score (nSPS) is 15.4. The predicted molar refractivity (Wildman–Crippen MR) is 83.4 cm³/mol. The summed E-state index contributed by atoms with van der Waals surface area (Å²) in [5.74, 6) is -0.0997. The minimum atomic E-state index is -0.792. The van der Waals surface area contributed by atoms with Crippen LogP contribution in [0.4, 0.5) is 0 Å². The Hall–Kier alpha value is -2.30. The van der Waals surface area contributed by atoms with Crippen LogP contribution in [0.2, 0.25) is 0 Å². The van der Waals surface area contributed by atoms with Gasteiger partial charge in [-0.15, -0.1) is 0 Å². The Morgan fingerprint density at radius 2 is 2.09 bits per heavy atom. The Morgan fingerprint density at radius 3 is 2.77 bits per heavy atom. The van der Waals surface area contributed by atoms with E-state index in [4.69, 9.17) is 9.47 Å². The van der Waals surface area contributed by atoms with E-state index in [2.05, 4.69) is 5.32 Å². The number of amides is 1. The molecule has 1 aromatic rings. The van der Waals surface area contributed by atoms with E-state index >= 15 is 0 Å². The second kappa shape index (κ2) is 7.64. The summed E-state index contributed by atoms with van der Waals surface area (Å²) >= 11 is 0. The molecule has 0 heterocycles. The molecule has 0 saturated heterocycles. The molecule has 1 saturated carbocycles. The Labute approximate surface area is 130 Å². The number of hydrogen-bond donors (Lipinski definition) is 1. The highest BCUT2D eigenvalue weighted by Gasteiger charge is 2.26. The van der Waals surface area contributed by atoms with Crippen LogP contribution in [-0.2, 0) is 14.3 Å². The molecular formula is C17H21NO4. The molecule has 1 aromatic carbocycles. The van der Waals surface area contributed by atoms with Crippen molar-refractivity contribution in [3.63, 3.8) is 0 Å². The summed E-state index contributed by atoms with van der Waals surface area (Å²) in [7, 11) is 0. The Balaban J connectivity index is 1.89. The Morgan fingerprint density at radius 1 is 1.36 bits per heavy atom. The van der Waals surface area contributed by atoms with E-state index < -0.39 is 12.1 Å². The second-order valence-electron chi connectivity index (χ2n) is 5.17. The lowest BCUT2D eigenvalue weighted by atomic mass is 10.2. The lowest BCUT2D eigenvalue weighted by Gasteiger charge is -2.11. The maximum absolute atomic E-state index is 11.8. The highest BCUT2D eigenvalue weighted by Crippen LogP contribution is 2.20. The first-order chi connectivity index (χ1) is 10.6. The van der Waals surface area contributed by atoms with Crippen LogP contribution in [0.1, 0.15) is 32.3 Å². The number of hydrogen-bond acceptors (Lipinski definition) is 4. The fourth-order valence-electron chi connectivity index (χ4n) is 1.88. The zero-order valence-electron chi connectivity index (χ0n) is 12.9. The summed E-state index contributed by atoms with van der Waals surface area (Å²) in [6.07, 6.45) is 4.14. The Kier molecular flexibility index (Phi) is 5.58. The lowest BCUT2D eigenvalue weighted by molar-refractivity contribution is -0.150. The quantitative estimate of drug-likeness (QED) is 0.620. The minimum absolute atomic E-state index is 0.251. The third kappa shape index (κ3) is 4.91. The standard InChI is InChI=1S/C17H21NO4/c1-3-21-15-7-5-4-6-13(15)8-11-16(19)22-12(2)17(20)18-14-9-10-14/h4-8,11-12,14H,3,9-10H2,1-2H3,(H,18,20)/b11-8+/t12-/m0/s1. The van der Waals surface area contributed by atoms with E-state index in [1.165, 1.54) is 6.08 Å². The zero-order valence-corrected chi connectivity index (χ0v) is 12.9. The molecular weight excluding hydrogens is 282 g/mol. The van der Waals surface area contributed by atoms with Gasteiger partial charge < -0.3 is 14.8 Å². The van der Waals surface area contributed by atoms with Crippen LogP contribution in [0.15, 0.2) is 30.3 Å². The van der Waals surface area contributed by atoms with Gasteiger partial charge in [0.1, 0.15) is 5.75 Å². The van der Waals surface area contributed by atoms with Gasteiger partial charge in [0.2, 0.25) is 0 Å². The molecule has 1 N–H and O–H groups in total. The number of rotatable bonds is 7. The average molecular weight is 303 g/mol. The maximum Gasteiger partial charge on any atom is 0.331 e. The first-order valence-electron chi connectivity index (χ1n) is 7.51. The number of benzene rings is 1. The molecule has 0 radical (unpaired) electrons. The van der Waals surface area contributed by atoms with Gasteiger partial charge in [0, 0.05) is 17.7 Å². The van der Waals surface area contributed by atoms with Gasteiger partial charge in [0.05, 0.1) is 6.61 Å². The van der Waals surface area contributed by atoms with Gasteiger partial charge in [-0.25, -0.2) is 4.79 Å². The average Bonchev–Trinajstić information content (AvgIpc) is 3.30. The first-order valence-corrected chi connectivity index (χ1v) is 7.51.